The highest BCUT2D eigenvalue weighted by atomic mass is 35.5. The smallest absolute Gasteiger partial charge is 0.239 e. The molecule has 1 amide bonds. The van der Waals surface area contributed by atoms with Gasteiger partial charge in [0.1, 0.15) is 0 Å². The zero-order chi connectivity index (χ0) is 13.5. The number of hydrogen-bond donors (Lipinski definition) is 1. The molecule has 0 fully saturated rings. The van der Waals surface area contributed by atoms with Gasteiger partial charge >= 0.3 is 0 Å². The van der Waals surface area contributed by atoms with Crippen LogP contribution in [0.25, 0.3) is 0 Å². The molecule has 0 saturated carbocycles. The number of hydrogen-bond acceptors (Lipinski definition) is 3. The van der Waals surface area contributed by atoms with E-state index in [0.717, 1.165) is 6.29 Å². The third-order valence-corrected chi connectivity index (χ3v) is 2.91. The maximum absolute atomic E-state index is 11.6. The van der Waals surface area contributed by atoms with E-state index < -0.39 is 0 Å². The van der Waals surface area contributed by atoms with E-state index >= 15 is 0 Å². The van der Waals surface area contributed by atoms with Crippen LogP contribution in [0.4, 0.5) is 5.69 Å². The van der Waals surface area contributed by atoms with Crippen molar-refractivity contribution >= 4 is 29.5 Å². The number of nitrogens with one attached hydrogen (secondary N) is 1. The average molecular weight is 269 g/mol. The number of amides is 1. The van der Waals surface area contributed by atoms with E-state index in [2.05, 4.69) is 5.32 Å². The topological polar surface area (TPSA) is 49.4 Å². The van der Waals surface area contributed by atoms with Crippen LogP contribution in [0.2, 0.25) is 5.02 Å². The van der Waals surface area contributed by atoms with Crippen LogP contribution >= 0.6 is 11.6 Å². The molecule has 18 heavy (non-hydrogen) atoms. The number of halogens is 1. The minimum atomic E-state index is -0.0730. The number of carbonyl (C=O) groups excluding carboxylic acids is 2. The normalized spacial score (nSPS) is 9.94. The molecular weight excluding hydrogens is 252 g/mol. The summed E-state index contributed by atoms with van der Waals surface area (Å²) in [4.78, 5) is 24.5. The van der Waals surface area contributed by atoms with Gasteiger partial charge in [0.2, 0.25) is 5.91 Å². The van der Waals surface area contributed by atoms with E-state index in [0.29, 0.717) is 29.4 Å². The first-order valence-electron chi connectivity index (χ1n) is 5.89. The highest BCUT2D eigenvalue weighted by Gasteiger charge is 2.14. The largest absolute Gasteiger partial charge is 0.362 e. The Kier molecular flexibility index (Phi) is 5.65. The van der Waals surface area contributed by atoms with Crippen molar-refractivity contribution < 1.29 is 9.59 Å². The lowest BCUT2D eigenvalue weighted by Gasteiger charge is -2.24. The molecular formula is C13H17ClN2O2. The maximum Gasteiger partial charge on any atom is 0.239 e. The van der Waals surface area contributed by atoms with Crippen molar-refractivity contribution in [1.82, 2.24) is 5.32 Å². The van der Waals surface area contributed by atoms with E-state index in [4.69, 9.17) is 11.6 Å². The number of rotatable bonds is 6. The van der Waals surface area contributed by atoms with Crippen molar-refractivity contribution in [3.05, 3.63) is 28.8 Å². The molecule has 1 aromatic carbocycles. The molecule has 98 valence electrons. The number of anilines is 1. The number of aldehydes is 1. The summed E-state index contributed by atoms with van der Waals surface area (Å²) >= 11 is 5.97. The lowest BCUT2D eigenvalue weighted by Crippen LogP contribution is -2.37. The van der Waals surface area contributed by atoms with Gasteiger partial charge in [0, 0.05) is 18.8 Å². The molecule has 4 nitrogen and oxygen atoms in total. The van der Waals surface area contributed by atoms with Gasteiger partial charge in [0.15, 0.2) is 6.29 Å². The molecule has 1 N–H and O–H groups in total. The predicted octanol–water partition coefficient (Wildman–Crippen LogP) is 2.11. The van der Waals surface area contributed by atoms with Gasteiger partial charge in [-0.2, -0.15) is 0 Å². The third-order valence-electron chi connectivity index (χ3n) is 2.58. The minimum Gasteiger partial charge on any atom is -0.362 e. The molecule has 0 heterocycles. The highest BCUT2D eigenvalue weighted by Crippen LogP contribution is 2.25. The van der Waals surface area contributed by atoms with Crippen LogP contribution < -0.4 is 10.2 Å². The molecule has 0 aliphatic carbocycles. The molecule has 5 heteroatoms. The van der Waals surface area contributed by atoms with Crippen molar-refractivity contribution in [2.24, 2.45) is 0 Å². The van der Waals surface area contributed by atoms with Crippen LogP contribution in [0.5, 0.6) is 0 Å². The second kappa shape index (κ2) is 7.01. The molecule has 0 radical (unpaired) electrons. The van der Waals surface area contributed by atoms with E-state index in [-0.39, 0.29) is 12.5 Å². The molecule has 0 aromatic heterocycles. The van der Waals surface area contributed by atoms with Crippen molar-refractivity contribution in [3.63, 3.8) is 0 Å². The van der Waals surface area contributed by atoms with Crippen molar-refractivity contribution in [2.75, 3.05) is 24.5 Å². The van der Waals surface area contributed by atoms with E-state index in [1.54, 1.807) is 18.2 Å². The first-order valence-corrected chi connectivity index (χ1v) is 6.27. The lowest BCUT2D eigenvalue weighted by atomic mass is 10.1. The fourth-order valence-electron chi connectivity index (χ4n) is 1.71. The molecule has 1 aromatic rings. The fraction of sp³-hybridized carbons (Fsp3) is 0.385. The summed E-state index contributed by atoms with van der Waals surface area (Å²) in [6, 6.07) is 5.22. The Morgan fingerprint density at radius 1 is 1.44 bits per heavy atom. The van der Waals surface area contributed by atoms with E-state index in [1.807, 2.05) is 18.7 Å². The Hall–Kier alpha value is -1.55. The number of carbonyl (C=O) groups is 2. The Morgan fingerprint density at radius 3 is 2.72 bits per heavy atom. The second-order valence-corrected chi connectivity index (χ2v) is 4.17. The van der Waals surface area contributed by atoms with Crippen molar-refractivity contribution in [3.8, 4) is 0 Å². The number of likely N-dealkylation sites (N-methyl/N-ethyl adjacent to an activating group) is 2. The van der Waals surface area contributed by atoms with Crippen LogP contribution in [-0.2, 0) is 4.79 Å². The predicted molar refractivity (Wildman–Crippen MR) is 73.4 cm³/mol. The third kappa shape index (κ3) is 3.47. The second-order valence-electron chi connectivity index (χ2n) is 3.76. The van der Waals surface area contributed by atoms with Gasteiger partial charge in [-0.1, -0.05) is 17.7 Å². The van der Waals surface area contributed by atoms with Crippen LogP contribution in [0, 0.1) is 0 Å². The first kappa shape index (κ1) is 14.5. The van der Waals surface area contributed by atoms with Gasteiger partial charge in [0.05, 0.1) is 17.1 Å². The summed E-state index contributed by atoms with van der Waals surface area (Å²) in [5, 5.41) is 3.13. The van der Waals surface area contributed by atoms with E-state index in [9.17, 15) is 9.59 Å². The minimum absolute atomic E-state index is 0.0730. The Labute approximate surface area is 112 Å². The highest BCUT2D eigenvalue weighted by molar-refractivity contribution is 6.33. The molecule has 0 atom stereocenters. The van der Waals surface area contributed by atoms with Crippen LogP contribution in [0.1, 0.15) is 24.2 Å². The van der Waals surface area contributed by atoms with Gasteiger partial charge < -0.3 is 10.2 Å². The zero-order valence-electron chi connectivity index (χ0n) is 10.6. The van der Waals surface area contributed by atoms with Crippen LogP contribution in [0.3, 0.4) is 0 Å². The molecule has 0 aliphatic heterocycles. The zero-order valence-corrected chi connectivity index (χ0v) is 11.3. The summed E-state index contributed by atoms with van der Waals surface area (Å²) in [6.45, 7) is 5.22. The Balaban J connectivity index is 2.98. The van der Waals surface area contributed by atoms with Crippen molar-refractivity contribution in [1.29, 1.82) is 0 Å². The van der Waals surface area contributed by atoms with Gasteiger partial charge in [0.25, 0.3) is 0 Å². The SMILES string of the molecule is CCNC(=O)CN(CC)c1cccc(Cl)c1C=O. The Bertz CT molecular complexity index is 435. The maximum atomic E-state index is 11.6. The summed E-state index contributed by atoms with van der Waals surface area (Å²) in [5.74, 6) is -0.0730. The molecule has 0 spiro atoms. The van der Waals surface area contributed by atoms with Gasteiger partial charge in [-0.3, -0.25) is 9.59 Å². The average Bonchev–Trinajstić information content (AvgIpc) is 2.36. The fourth-order valence-corrected chi connectivity index (χ4v) is 1.93. The van der Waals surface area contributed by atoms with Gasteiger partial charge in [-0.05, 0) is 26.0 Å². The lowest BCUT2D eigenvalue weighted by molar-refractivity contribution is -0.119. The first-order chi connectivity index (χ1) is 8.63. The summed E-state index contributed by atoms with van der Waals surface area (Å²) in [5.41, 5.74) is 1.11. The van der Waals surface area contributed by atoms with Crippen LogP contribution in [-0.4, -0.2) is 31.8 Å². The van der Waals surface area contributed by atoms with Gasteiger partial charge in [-0.25, -0.2) is 0 Å². The summed E-state index contributed by atoms with van der Waals surface area (Å²) in [6.07, 6.45) is 0.720. The summed E-state index contributed by atoms with van der Waals surface area (Å²) < 4.78 is 0. The molecule has 0 unspecified atom stereocenters. The molecule has 0 aliphatic rings. The number of nitrogens with zero attached hydrogens (tertiary/aromatic N) is 1. The monoisotopic (exact) mass is 268 g/mol. The van der Waals surface area contributed by atoms with Crippen molar-refractivity contribution in [2.45, 2.75) is 13.8 Å². The summed E-state index contributed by atoms with van der Waals surface area (Å²) in [7, 11) is 0. The molecule has 0 bridgehead atoms. The standard InChI is InChI=1S/C13H17ClN2O2/c1-3-15-13(18)8-16(4-2)12-7-5-6-11(14)10(12)9-17/h5-7,9H,3-4,8H2,1-2H3,(H,15,18). The van der Waals surface area contributed by atoms with Gasteiger partial charge in [-0.15, -0.1) is 0 Å². The quantitative estimate of drug-likeness (QED) is 0.804. The number of benzene rings is 1. The molecule has 1 rings (SSSR count). The molecule has 0 saturated heterocycles. The van der Waals surface area contributed by atoms with Crippen LogP contribution in [0.15, 0.2) is 18.2 Å². The Morgan fingerprint density at radius 2 is 2.17 bits per heavy atom. The van der Waals surface area contributed by atoms with E-state index in [1.165, 1.54) is 0 Å².